The van der Waals surface area contributed by atoms with E-state index in [0.29, 0.717) is 23.7 Å². The highest BCUT2D eigenvalue weighted by Crippen LogP contribution is 2.38. The van der Waals surface area contributed by atoms with Crippen molar-refractivity contribution in [3.63, 3.8) is 0 Å². The summed E-state index contributed by atoms with van der Waals surface area (Å²) in [7, 11) is 0. The molecule has 2 fully saturated rings. The van der Waals surface area contributed by atoms with E-state index in [-0.39, 0.29) is 17.9 Å². The van der Waals surface area contributed by atoms with Crippen molar-refractivity contribution >= 4 is 11.6 Å². The second-order valence-electron chi connectivity index (χ2n) is 5.85. The number of aryl methyl sites for hydroxylation is 1. The van der Waals surface area contributed by atoms with Crippen LogP contribution in [0.5, 0.6) is 0 Å². The molecule has 1 aromatic carbocycles. The lowest BCUT2D eigenvalue weighted by Gasteiger charge is -2.19. The number of likely N-dealkylation sites (tertiary alicyclic amines) is 1. The molecular weight excluding hydrogens is 240 g/mol. The average molecular weight is 260 g/mol. The van der Waals surface area contributed by atoms with E-state index in [1.165, 1.54) is 0 Å². The number of aliphatic hydroxyl groups excluding tert-OH is 1. The standard InChI is InChI=1S/C15H20N2O2/c1-9-2-4-11(16)6-12(9)15(19)17-7-10-3-5-14(18)13(10)8-17/h2,4,6,10,13-14,18H,3,5,7-8,16H2,1H3. The number of anilines is 1. The van der Waals surface area contributed by atoms with Gasteiger partial charge in [-0.2, -0.15) is 0 Å². The van der Waals surface area contributed by atoms with E-state index in [0.717, 1.165) is 24.9 Å². The van der Waals surface area contributed by atoms with E-state index >= 15 is 0 Å². The lowest BCUT2D eigenvalue weighted by molar-refractivity contribution is 0.0751. The minimum atomic E-state index is -0.232. The summed E-state index contributed by atoms with van der Waals surface area (Å²) in [5.74, 6) is 0.789. The van der Waals surface area contributed by atoms with Crippen molar-refractivity contribution in [2.75, 3.05) is 18.8 Å². The molecule has 1 amide bonds. The first kappa shape index (κ1) is 12.5. The number of amides is 1. The molecule has 0 radical (unpaired) electrons. The monoisotopic (exact) mass is 260 g/mol. The number of rotatable bonds is 1. The molecule has 3 atom stereocenters. The topological polar surface area (TPSA) is 66.6 Å². The number of benzene rings is 1. The van der Waals surface area contributed by atoms with E-state index in [9.17, 15) is 9.90 Å². The molecule has 102 valence electrons. The SMILES string of the molecule is Cc1ccc(N)cc1C(=O)N1CC2CCC(O)C2C1. The van der Waals surface area contributed by atoms with Gasteiger partial charge in [-0.3, -0.25) is 4.79 Å². The van der Waals surface area contributed by atoms with Gasteiger partial charge in [0.2, 0.25) is 0 Å². The fourth-order valence-electron chi connectivity index (χ4n) is 3.44. The largest absolute Gasteiger partial charge is 0.399 e. The maximum atomic E-state index is 12.5. The quantitative estimate of drug-likeness (QED) is 0.750. The number of fused-ring (bicyclic) bond motifs is 1. The van der Waals surface area contributed by atoms with Crippen molar-refractivity contribution in [1.29, 1.82) is 0 Å². The van der Waals surface area contributed by atoms with Crippen LogP contribution in [0.4, 0.5) is 5.69 Å². The van der Waals surface area contributed by atoms with Crippen LogP contribution >= 0.6 is 0 Å². The van der Waals surface area contributed by atoms with Crippen LogP contribution in [0.3, 0.4) is 0 Å². The Balaban J connectivity index is 1.80. The summed E-state index contributed by atoms with van der Waals surface area (Å²) in [6.07, 6.45) is 1.69. The highest BCUT2D eigenvalue weighted by atomic mass is 16.3. The molecule has 0 aromatic heterocycles. The number of nitrogens with zero attached hydrogens (tertiary/aromatic N) is 1. The van der Waals surface area contributed by atoms with E-state index in [1.54, 1.807) is 6.07 Å². The normalized spacial score (nSPS) is 29.6. The Hall–Kier alpha value is -1.55. The molecule has 4 nitrogen and oxygen atoms in total. The second-order valence-corrected chi connectivity index (χ2v) is 5.85. The van der Waals surface area contributed by atoms with Crippen molar-refractivity contribution in [3.8, 4) is 0 Å². The summed E-state index contributed by atoms with van der Waals surface area (Å²) in [4.78, 5) is 14.4. The van der Waals surface area contributed by atoms with Gasteiger partial charge in [0.25, 0.3) is 5.91 Å². The first-order valence-corrected chi connectivity index (χ1v) is 6.89. The van der Waals surface area contributed by atoms with E-state index in [2.05, 4.69) is 0 Å². The van der Waals surface area contributed by atoms with Gasteiger partial charge in [0.15, 0.2) is 0 Å². The minimum absolute atomic E-state index is 0.0476. The first-order valence-electron chi connectivity index (χ1n) is 6.89. The van der Waals surface area contributed by atoms with Crippen LogP contribution in [0, 0.1) is 18.8 Å². The zero-order valence-electron chi connectivity index (χ0n) is 11.2. The molecular formula is C15H20N2O2. The van der Waals surface area contributed by atoms with Gasteiger partial charge in [0.1, 0.15) is 0 Å². The Kier molecular flexibility index (Phi) is 2.97. The molecule has 1 aliphatic carbocycles. The summed E-state index contributed by atoms with van der Waals surface area (Å²) in [6, 6.07) is 5.45. The molecule has 1 saturated heterocycles. The third-order valence-corrected chi connectivity index (χ3v) is 4.60. The predicted octanol–water partition coefficient (Wildman–Crippen LogP) is 1.42. The van der Waals surface area contributed by atoms with Crippen LogP contribution < -0.4 is 5.73 Å². The lowest BCUT2D eigenvalue weighted by Crippen LogP contribution is -2.31. The van der Waals surface area contributed by atoms with Crippen LogP contribution in [0.1, 0.15) is 28.8 Å². The molecule has 19 heavy (non-hydrogen) atoms. The van der Waals surface area contributed by atoms with E-state index < -0.39 is 0 Å². The summed E-state index contributed by atoms with van der Waals surface area (Å²) in [5, 5.41) is 9.91. The molecule has 3 unspecified atom stereocenters. The number of hydrogen-bond acceptors (Lipinski definition) is 3. The number of hydrogen-bond donors (Lipinski definition) is 2. The highest BCUT2D eigenvalue weighted by molar-refractivity contribution is 5.96. The van der Waals surface area contributed by atoms with Crippen molar-refractivity contribution < 1.29 is 9.90 Å². The highest BCUT2D eigenvalue weighted by Gasteiger charge is 2.43. The zero-order chi connectivity index (χ0) is 13.6. The number of nitrogens with two attached hydrogens (primary N) is 1. The van der Waals surface area contributed by atoms with Gasteiger partial charge in [-0.25, -0.2) is 0 Å². The van der Waals surface area contributed by atoms with Gasteiger partial charge in [0.05, 0.1) is 6.10 Å². The van der Waals surface area contributed by atoms with Crippen molar-refractivity contribution in [2.24, 2.45) is 11.8 Å². The first-order chi connectivity index (χ1) is 9.06. The molecule has 3 N–H and O–H groups in total. The van der Waals surface area contributed by atoms with Gasteiger partial charge in [0, 0.05) is 30.3 Å². The number of aliphatic hydroxyl groups is 1. The summed E-state index contributed by atoms with van der Waals surface area (Å²) in [6.45, 7) is 3.38. The molecule has 0 spiro atoms. The van der Waals surface area contributed by atoms with Crippen LogP contribution in [0.25, 0.3) is 0 Å². The summed E-state index contributed by atoms with van der Waals surface area (Å²) >= 11 is 0. The molecule has 2 aliphatic rings. The average Bonchev–Trinajstić information content (AvgIpc) is 2.94. The Morgan fingerprint density at radius 2 is 2.16 bits per heavy atom. The second kappa shape index (κ2) is 4.53. The summed E-state index contributed by atoms with van der Waals surface area (Å²) in [5.41, 5.74) is 8.03. The predicted molar refractivity (Wildman–Crippen MR) is 73.7 cm³/mol. The van der Waals surface area contributed by atoms with Gasteiger partial charge in [-0.15, -0.1) is 0 Å². The minimum Gasteiger partial charge on any atom is -0.399 e. The molecule has 0 bridgehead atoms. The van der Waals surface area contributed by atoms with Gasteiger partial charge in [-0.05, 0) is 43.4 Å². The van der Waals surface area contributed by atoms with E-state index in [4.69, 9.17) is 5.73 Å². The van der Waals surface area contributed by atoms with Crippen molar-refractivity contribution in [1.82, 2.24) is 4.90 Å². The zero-order valence-corrected chi connectivity index (χ0v) is 11.2. The Labute approximate surface area is 113 Å². The molecule has 3 rings (SSSR count). The van der Waals surface area contributed by atoms with Crippen LogP contribution in [0.15, 0.2) is 18.2 Å². The van der Waals surface area contributed by atoms with Crippen LogP contribution in [-0.2, 0) is 0 Å². The summed E-state index contributed by atoms with van der Waals surface area (Å²) < 4.78 is 0. The molecule has 1 aromatic rings. The molecule has 1 aliphatic heterocycles. The number of carbonyl (C=O) groups is 1. The van der Waals surface area contributed by atoms with Crippen LogP contribution in [-0.4, -0.2) is 35.1 Å². The molecule has 4 heteroatoms. The molecule has 1 heterocycles. The third-order valence-electron chi connectivity index (χ3n) is 4.60. The van der Waals surface area contributed by atoms with Gasteiger partial charge in [-0.1, -0.05) is 6.07 Å². The number of carbonyl (C=O) groups excluding carboxylic acids is 1. The Morgan fingerprint density at radius 1 is 1.37 bits per heavy atom. The van der Waals surface area contributed by atoms with Gasteiger partial charge >= 0.3 is 0 Å². The van der Waals surface area contributed by atoms with Crippen molar-refractivity contribution in [2.45, 2.75) is 25.9 Å². The van der Waals surface area contributed by atoms with E-state index in [1.807, 2.05) is 24.0 Å². The molecule has 1 saturated carbocycles. The maximum Gasteiger partial charge on any atom is 0.254 e. The van der Waals surface area contributed by atoms with Gasteiger partial charge < -0.3 is 15.7 Å². The third kappa shape index (κ3) is 2.10. The van der Waals surface area contributed by atoms with Crippen LogP contribution in [0.2, 0.25) is 0 Å². The van der Waals surface area contributed by atoms with Crippen molar-refractivity contribution in [3.05, 3.63) is 29.3 Å². The smallest absolute Gasteiger partial charge is 0.254 e. The fourth-order valence-corrected chi connectivity index (χ4v) is 3.44. The maximum absolute atomic E-state index is 12.5. The fraction of sp³-hybridized carbons (Fsp3) is 0.533. The number of nitrogen functional groups attached to an aromatic ring is 1. The Bertz CT molecular complexity index is 515. The lowest BCUT2D eigenvalue weighted by atomic mass is 10.00. The Morgan fingerprint density at radius 3 is 2.89 bits per heavy atom.